The summed E-state index contributed by atoms with van der Waals surface area (Å²) in [6.07, 6.45) is 1.21. The Morgan fingerprint density at radius 1 is 1.06 bits per heavy atom. The number of pyridine rings is 1. The maximum absolute atomic E-state index is 15.3. The number of ether oxygens (including phenoxy) is 2. The number of amides is 1. The molecule has 1 heterocycles. The maximum atomic E-state index is 15.3. The van der Waals surface area contributed by atoms with E-state index in [0.717, 1.165) is 12.1 Å². The van der Waals surface area contributed by atoms with Gasteiger partial charge in [0.1, 0.15) is 17.2 Å². The predicted octanol–water partition coefficient (Wildman–Crippen LogP) is 6.75. The van der Waals surface area contributed by atoms with Gasteiger partial charge in [-0.3, -0.25) is 4.79 Å². The normalized spacial score (nSPS) is 12.5. The van der Waals surface area contributed by atoms with Crippen LogP contribution in [0.3, 0.4) is 0 Å². The molecule has 2 aromatic carbocycles. The predicted molar refractivity (Wildman–Crippen MR) is 134 cm³/mol. The van der Waals surface area contributed by atoms with E-state index in [0.29, 0.717) is 29.7 Å². The molecule has 0 fully saturated rings. The lowest BCUT2D eigenvalue weighted by Crippen LogP contribution is -2.35. The second-order valence-corrected chi connectivity index (χ2v) is 9.97. The summed E-state index contributed by atoms with van der Waals surface area (Å²) in [6.45, 7) is 11.2. The highest BCUT2D eigenvalue weighted by Gasteiger charge is 2.26. The lowest BCUT2D eigenvalue weighted by molar-refractivity contribution is 0.0497. The molecule has 0 radical (unpaired) electrons. The van der Waals surface area contributed by atoms with E-state index in [9.17, 15) is 9.59 Å². The van der Waals surface area contributed by atoms with Crippen molar-refractivity contribution in [2.45, 2.75) is 59.6 Å². The molecule has 6 nitrogen and oxygen atoms in total. The summed E-state index contributed by atoms with van der Waals surface area (Å²) < 4.78 is 41.5. The molecule has 36 heavy (non-hydrogen) atoms. The molecule has 0 saturated carbocycles. The van der Waals surface area contributed by atoms with Gasteiger partial charge in [0.2, 0.25) is 5.88 Å². The maximum Gasteiger partial charge on any atom is 0.408 e. The standard InChI is InChI=1S/C28H32F2N2O4/c1-7-35-26-20-10-8-9-19(18(20)11-12-31-26)25(33)24-21(29)14-17(15-22(24)30)23(13-16(2)3)32-27(34)36-28(4,5)6/h8-12,14-16,23H,7,13H2,1-6H3,(H,32,34). The molecule has 1 amide bonds. The number of fused-ring (bicyclic) bond motifs is 1. The molecule has 0 aliphatic heterocycles. The number of ketones is 1. The average molecular weight is 499 g/mol. The third-order valence-corrected chi connectivity index (χ3v) is 5.39. The Morgan fingerprint density at radius 3 is 2.31 bits per heavy atom. The SMILES string of the molecule is CCOc1nccc2c(C(=O)c3c(F)cc(C(CC(C)C)NC(=O)OC(C)(C)C)cc3F)cccc12. The van der Waals surface area contributed by atoms with Crippen molar-refractivity contribution in [2.75, 3.05) is 6.61 Å². The molecule has 0 saturated heterocycles. The molecule has 0 spiro atoms. The number of rotatable bonds is 8. The third kappa shape index (κ3) is 6.36. The summed E-state index contributed by atoms with van der Waals surface area (Å²) in [7, 11) is 0. The quantitative estimate of drug-likeness (QED) is 0.348. The van der Waals surface area contributed by atoms with E-state index in [2.05, 4.69) is 10.3 Å². The van der Waals surface area contributed by atoms with Crippen LogP contribution in [-0.4, -0.2) is 29.1 Å². The van der Waals surface area contributed by atoms with Gasteiger partial charge in [-0.2, -0.15) is 0 Å². The molecule has 1 aromatic heterocycles. The second kappa shape index (κ2) is 11.0. The van der Waals surface area contributed by atoms with Gasteiger partial charge >= 0.3 is 6.09 Å². The van der Waals surface area contributed by atoms with E-state index in [4.69, 9.17) is 9.47 Å². The van der Waals surface area contributed by atoms with Crippen LogP contribution >= 0.6 is 0 Å². The number of nitrogens with one attached hydrogen (secondary N) is 1. The Labute approximate surface area is 210 Å². The molecule has 0 aliphatic rings. The van der Waals surface area contributed by atoms with E-state index in [1.165, 1.54) is 12.3 Å². The molecule has 0 bridgehead atoms. The molecule has 1 N–H and O–H groups in total. The first kappa shape index (κ1) is 27.0. The van der Waals surface area contributed by atoms with Gasteiger partial charge in [0.05, 0.1) is 18.2 Å². The van der Waals surface area contributed by atoms with Crippen LogP contribution < -0.4 is 10.1 Å². The summed E-state index contributed by atoms with van der Waals surface area (Å²) in [5, 5.41) is 3.75. The van der Waals surface area contributed by atoms with Crippen LogP contribution in [0.4, 0.5) is 13.6 Å². The zero-order valence-electron chi connectivity index (χ0n) is 21.4. The van der Waals surface area contributed by atoms with Crippen LogP contribution in [0.2, 0.25) is 0 Å². The fourth-order valence-corrected chi connectivity index (χ4v) is 3.98. The minimum atomic E-state index is -1.01. The number of nitrogens with zero attached hydrogens (tertiary/aromatic N) is 1. The van der Waals surface area contributed by atoms with Crippen molar-refractivity contribution in [3.05, 3.63) is 70.9 Å². The monoisotopic (exact) mass is 498 g/mol. The first-order chi connectivity index (χ1) is 16.9. The topological polar surface area (TPSA) is 77.5 Å². The van der Waals surface area contributed by atoms with Crippen molar-refractivity contribution in [1.29, 1.82) is 0 Å². The van der Waals surface area contributed by atoms with Crippen LogP contribution in [0, 0.1) is 17.6 Å². The summed E-state index contributed by atoms with van der Waals surface area (Å²) in [5.74, 6) is -2.36. The molecule has 0 aliphatic carbocycles. The smallest absolute Gasteiger partial charge is 0.408 e. The number of halogens is 2. The molecular weight excluding hydrogens is 466 g/mol. The van der Waals surface area contributed by atoms with Crippen LogP contribution in [0.1, 0.15) is 75.5 Å². The number of carbonyl (C=O) groups is 2. The minimum Gasteiger partial charge on any atom is -0.478 e. The van der Waals surface area contributed by atoms with Crippen molar-refractivity contribution in [2.24, 2.45) is 5.92 Å². The first-order valence-corrected chi connectivity index (χ1v) is 11.9. The van der Waals surface area contributed by atoms with E-state index in [1.54, 1.807) is 39.0 Å². The van der Waals surface area contributed by atoms with Crippen LogP contribution in [-0.2, 0) is 4.74 Å². The Morgan fingerprint density at radius 2 is 1.72 bits per heavy atom. The van der Waals surface area contributed by atoms with E-state index >= 15 is 8.78 Å². The highest BCUT2D eigenvalue weighted by molar-refractivity contribution is 6.17. The Hall–Kier alpha value is -3.55. The molecule has 192 valence electrons. The van der Waals surface area contributed by atoms with E-state index in [-0.39, 0.29) is 17.0 Å². The Kier molecular flexibility index (Phi) is 8.28. The van der Waals surface area contributed by atoms with Crippen molar-refractivity contribution in [3.8, 4) is 5.88 Å². The summed E-state index contributed by atoms with van der Waals surface area (Å²) in [4.78, 5) is 29.9. The lowest BCUT2D eigenvalue weighted by atomic mass is 9.93. The first-order valence-electron chi connectivity index (χ1n) is 11.9. The van der Waals surface area contributed by atoms with Gasteiger partial charge in [-0.05, 0) is 75.2 Å². The average Bonchev–Trinajstić information content (AvgIpc) is 2.76. The van der Waals surface area contributed by atoms with Crippen molar-refractivity contribution >= 4 is 22.6 Å². The lowest BCUT2D eigenvalue weighted by Gasteiger charge is -2.25. The number of hydrogen-bond acceptors (Lipinski definition) is 5. The zero-order valence-corrected chi connectivity index (χ0v) is 21.4. The second-order valence-electron chi connectivity index (χ2n) is 9.97. The van der Waals surface area contributed by atoms with Crippen LogP contribution in [0.15, 0.2) is 42.6 Å². The van der Waals surface area contributed by atoms with Crippen molar-refractivity contribution < 1.29 is 27.8 Å². The Balaban J connectivity index is 2.00. The van der Waals surface area contributed by atoms with Gasteiger partial charge < -0.3 is 14.8 Å². The molecule has 1 atom stereocenters. The van der Waals surface area contributed by atoms with Crippen LogP contribution in [0.5, 0.6) is 5.88 Å². The summed E-state index contributed by atoms with van der Waals surface area (Å²) in [5.41, 5.74) is -1.05. The number of aromatic nitrogens is 1. The van der Waals surface area contributed by atoms with Gasteiger partial charge in [-0.25, -0.2) is 18.6 Å². The molecule has 1 unspecified atom stereocenters. The number of alkyl carbamates (subject to hydrolysis) is 1. The number of carbonyl (C=O) groups excluding carboxylic acids is 2. The molecular formula is C28H32F2N2O4. The number of hydrogen-bond donors (Lipinski definition) is 1. The summed E-state index contributed by atoms with van der Waals surface area (Å²) in [6, 6.07) is 7.97. The third-order valence-electron chi connectivity index (χ3n) is 5.39. The van der Waals surface area contributed by atoms with Gasteiger partial charge in [0.15, 0.2) is 5.78 Å². The van der Waals surface area contributed by atoms with Crippen molar-refractivity contribution in [1.82, 2.24) is 10.3 Å². The van der Waals surface area contributed by atoms with Crippen LogP contribution in [0.25, 0.3) is 10.8 Å². The van der Waals surface area contributed by atoms with E-state index < -0.39 is 40.7 Å². The molecule has 3 aromatic rings. The fourth-order valence-electron chi connectivity index (χ4n) is 3.98. The van der Waals surface area contributed by atoms with Gasteiger partial charge in [0, 0.05) is 17.1 Å². The zero-order chi connectivity index (χ0) is 26.6. The highest BCUT2D eigenvalue weighted by atomic mass is 19.1. The molecule has 3 rings (SSSR count). The van der Waals surface area contributed by atoms with Gasteiger partial charge in [-0.15, -0.1) is 0 Å². The van der Waals surface area contributed by atoms with Crippen molar-refractivity contribution in [3.63, 3.8) is 0 Å². The summed E-state index contributed by atoms with van der Waals surface area (Å²) >= 11 is 0. The number of benzene rings is 2. The molecule has 8 heteroatoms. The highest BCUT2D eigenvalue weighted by Crippen LogP contribution is 2.31. The largest absolute Gasteiger partial charge is 0.478 e. The van der Waals surface area contributed by atoms with Gasteiger partial charge in [0.25, 0.3) is 0 Å². The fraction of sp³-hybridized carbons (Fsp3) is 0.393. The minimum absolute atomic E-state index is 0.112. The van der Waals surface area contributed by atoms with Gasteiger partial charge in [-0.1, -0.05) is 26.0 Å². The van der Waals surface area contributed by atoms with E-state index in [1.807, 2.05) is 20.8 Å². The Bertz CT molecular complexity index is 1250.